The van der Waals surface area contributed by atoms with Crippen LogP contribution in [0.2, 0.25) is 0 Å². The van der Waals surface area contributed by atoms with E-state index >= 15 is 0 Å². The van der Waals surface area contributed by atoms with Gasteiger partial charge in [0.25, 0.3) is 0 Å². The minimum Gasteiger partial charge on any atom is -0.353 e. The van der Waals surface area contributed by atoms with Gasteiger partial charge in [-0.2, -0.15) is 0 Å². The molecule has 1 aromatic rings. The minimum absolute atomic E-state index is 0.326. The number of nitrogens with zero attached hydrogens (tertiary/aromatic N) is 1. The molecule has 0 N–H and O–H groups in total. The number of piperidine rings is 1. The molecule has 19 heavy (non-hydrogen) atoms. The Kier molecular flexibility index (Phi) is 3.61. The van der Waals surface area contributed by atoms with E-state index in [0.29, 0.717) is 11.8 Å². The second-order valence-corrected chi connectivity index (χ2v) is 5.78. The van der Waals surface area contributed by atoms with Crippen molar-refractivity contribution < 1.29 is 9.47 Å². The lowest BCUT2D eigenvalue weighted by Crippen LogP contribution is -2.55. The smallest absolute Gasteiger partial charge is 0.175 e. The lowest BCUT2D eigenvalue weighted by atomic mass is 9.90. The van der Waals surface area contributed by atoms with E-state index in [-0.39, 0.29) is 5.79 Å². The van der Waals surface area contributed by atoms with Crippen LogP contribution in [-0.4, -0.2) is 38.0 Å². The van der Waals surface area contributed by atoms with Crippen molar-refractivity contribution in [1.82, 2.24) is 4.90 Å². The first-order valence-electron chi connectivity index (χ1n) is 7.15. The maximum Gasteiger partial charge on any atom is 0.175 e. The molecular formula is C16H23NO2. The zero-order chi connectivity index (χ0) is 13.3. The fourth-order valence-electron chi connectivity index (χ4n) is 3.99. The van der Waals surface area contributed by atoms with Gasteiger partial charge in [0, 0.05) is 45.7 Å². The van der Waals surface area contributed by atoms with E-state index in [1.165, 1.54) is 18.4 Å². The Morgan fingerprint density at radius 3 is 2.16 bits per heavy atom. The van der Waals surface area contributed by atoms with Crippen molar-refractivity contribution in [3.63, 3.8) is 0 Å². The van der Waals surface area contributed by atoms with E-state index in [1.807, 2.05) is 0 Å². The van der Waals surface area contributed by atoms with E-state index in [2.05, 4.69) is 35.2 Å². The highest BCUT2D eigenvalue weighted by Crippen LogP contribution is 2.47. The van der Waals surface area contributed by atoms with Gasteiger partial charge >= 0.3 is 0 Å². The molecule has 0 aromatic heterocycles. The summed E-state index contributed by atoms with van der Waals surface area (Å²) in [7, 11) is 3.59. The van der Waals surface area contributed by atoms with Crippen LogP contribution in [0.15, 0.2) is 30.3 Å². The lowest BCUT2D eigenvalue weighted by molar-refractivity contribution is -0.270. The fourth-order valence-corrected chi connectivity index (χ4v) is 3.99. The first-order chi connectivity index (χ1) is 9.28. The average Bonchev–Trinajstić information content (AvgIpc) is 2.64. The number of benzene rings is 1. The second kappa shape index (κ2) is 5.23. The van der Waals surface area contributed by atoms with Crippen LogP contribution in [0.4, 0.5) is 0 Å². The molecule has 2 fully saturated rings. The molecule has 1 heterocycles. The molecule has 2 bridgehead atoms. The van der Waals surface area contributed by atoms with Crippen molar-refractivity contribution in [1.29, 1.82) is 0 Å². The Balaban J connectivity index is 1.71. The summed E-state index contributed by atoms with van der Waals surface area (Å²) in [5.41, 5.74) is 1.39. The van der Waals surface area contributed by atoms with E-state index in [4.69, 9.17) is 9.47 Å². The largest absolute Gasteiger partial charge is 0.353 e. The number of fused-ring (bicyclic) bond motifs is 2. The van der Waals surface area contributed by atoms with Gasteiger partial charge in [-0.05, 0) is 18.4 Å². The Bertz CT molecular complexity index is 400. The Labute approximate surface area is 115 Å². The predicted molar refractivity (Wildman–Crippen MR) is 74.7 cm³/mol. The third-order valence-corrected chi connectivity index (χ3v) is 4.85. The lowest BCUT2D eigenvalue weighted by Gasteiger charge is -2.45. The summed E-state index contributed by atoms with van der Waals surface area (Å²) in [6.45, 7) is 3.19. The summed E-state index contributed by atoms with van der Waals surface area (Å²) < 4.78 is 11.5. The van der Waals surface area contributed by atoms with Crippen LogP contribution in [0.5, 0.6) is 0 Å². The molecule has 1 saturated heterocycles. The fraction of sp³-hybridized carbons (Fsp3) is 0.625. The van der Waals surface area contributed by atoms with Gasteiger partial charge in [-0.3, -0.25) is 4.90 Å². The van der Waals surface area contributed by atoms with Crippen molar-refractivity contribution in [2.45, 2.75) is 25.2 Å². The first kappa shape index (κ1) is 13.1. The van der Waals surface area contributed by atoms with Crippen molar-refractivity contribution in [3.8, 4) is 0 Å². The van der Waals surface area contributed by atoms with Crippen LogP contribution in [0, 0.1) is 11.8 Å². The van der Waals surface area contributed by atoms with Crippen LogP contribution in [-0.2, 0) is 16.0 Å². The van der Waals surface area contributed by atoms with Crippen LogP contribution < -0.4 is 0 Å². The number of rotatable bonds is 4. The maximum absolute atomic E-state index is 5.76. The molecule has 2 aliphatic rings. The predicted octanol–water partition coefficient (Wildman–Crippen LogP) is 2.52. The van der Waals surface area contributed by atoms with Gasteiger partial charge in [0.15, 0.2) is 5.79 Å². The number of likely N-dealkylation sites (tertiary alicyclic amines) is 1. The molecule has 1 saturated carbocycles. The summed E-state index contributed by atoms with van der Waals surface area (Å²) in [5, 5.41) is 0. The molecule has 1 aliphatic heterocycles. The molecule has 2 atom stereocenters. The normalized spacial score (nSPS) is 29.6. The standard InChI is InChI=1S/C16H23NO2/c1-18-16(19-2)14-8-9-15(16)12-17(11-14)10-13-6-4-3-5-7-13/h3-7,14-15H,8-12H2,1-2H3/t14-,15-/m1/s1. The van der Waals surface area contributed by atoms with Crippen molar-refractivity contribution >= 4 is 0 Å². The summed E-state index contributed by atoms with van der Waals surface area (Å²) in [4.78, 5) is 2.55. The minimum atomic E-state index is -0.326. The Hall–Kier alpha value is -0.900. The highest BCUT2D eigenvalue weighted by molar-refractivity contribution is 5.15. The third kappa shape index (κ3) is 2.20. The van der Waals surface area contributed by atoms with Crippen LogP contribution in [0.25, 0.3) is 0 Å². The third-order valence-electron chi connectivity index (χ3n) is 4.85. The summed E-state index contributed by atoms with van der Waals surface area (Å²) >= 11 is 0. The average molecular weight is 261 g/mol. The Morgan fingerprint density at radius 1 is 1.05 bits per heavy atom. The number of methoxy groups -OCH3 is 2. The van der Waals surface area contributed by atoms with Gasteiger partial charge in [-0.25, -0.2) is 0 Å². The highest BCUT2D eigenvalue weighted by Gasteiger charge is 2.55. The van der Waals surface area contributed by atoms with Crippen molar-refractivity contribution in [2.24, 2.45) is 11.8 Å². The first-order valence-corrected chi connectivity index (χ1v) is 7.15. The summed E-state index contributed by atoms with van der Waals surface area (Å²) in [6.07, 6.45) is 2.44. The van der Waals surface area contributed by atoms with Gasteiger partial charge in [0.05, 0.1) is 0 Å². The molecule has 3 nitrogen and oxygen atoms in total. The molecular weight excluding hydrogens is 238 g/mol. The van der Waals surface area contributed by atoms with Gasteiger partial charge in [0.1, 0.15) is 0 Å². The molecule has 0 amide bonds. The molecule has 3 rings (SSSR count). The van der Waals surface area contributed by atoms with Crippen LogP contribution in [0.1, 0.15) is 18.4 Å². The molecule has 0 spiro atoms. The number of hydrogen-bond acceptors (Lipinski definition) is 3. The van der Waals surface area contributed by atoms with Crippen molar-refractivity contribution in [3.05, 3.63) is 35.9 Å². The molecule has 3 heteroatoms. The van der Waals surface area contributed by atoms with Crippen LogP contribution in [0.3, 0.4) is 0 Å². The highest BCUT2D eigenvalue weighted by atomic mass is 16.7. The SMILES string of the molecule is COC1(OC)[C@@H]2CC[C@@H]1CN(Cc1ccccc1)C2. The molecule has 1 aliphatic carbocycles. The summed E-state index contributed by atoms with van der Waals surface area (Å²) in [6, 6.07) is 10.7. The second-order valence-electron chi connectivity index (χ2n) is 5.78. The zero-order valence-electron chi connectivity index (χ0n) is 11.8. The van der Waals surface area contributed by atoms with Gasteiger partial charge in [-0.1, -0.05) is 30.3 Å². The molecule has 104 valence electrons. The van der Waals surface area contributed by atoms with Crippen LogP contribution >= 0.6 is 0 Å². The van der Waals surface area contributed by atoms with E-state index in [1.54, 1.807) is 14.2 Å². The van der Waals surface area contributed by atoms with Gasteiger partial charge in [0.2, 0.25) is 0 Å². The van der Waals surface area contributed by atoms with E-state index in [9.17, 15) is 0 Å². The molecule has 0 unspecified atom stereocenters. The summed E-state index contributed by atoms with van der Waals surface area (Å²) in [5.74, 6) is 0.683. The maximum atomic E-state index is 5.76. The van der Waals surface area contributed by atoms with Gasteiger partial charge < -0.3 is 9.47 Å². The monoisotopic (exact) mass is 261 g/mol. The number of ether oxygens (including phenoxy) is 2. The van der Waals surface area contributed by atoms with Crippen molar-refractivity contribution in [2.75, 3.05) is 27.3 Å². The number of hydrogen-bond donors (Lipinski definition) is 0. The topological polar surface area (TPSA) is 21.7 Å². The van der Waals surface area contributed by atoms with E-state index in [0.717, 1.165) is 19.6 Å². The van der Waals surface area contributed by atoms with Gasteiger partial charge in [-0.15, -0.1) is 0 Å². The quantitative estimate of drug-likeness (QED) is 0.777. The zero-order valence-corrected chi connectivity index (χ0v) is 11.8. The molecule has 1 aromatic carbocycles. The Morgan fingerprint density at radius 2 is 1.63 bits per heavy atom. The molecule has 0 radical (unpaired) electrons. The van der Waals surface area contributed by atoms with E-state index < -0.39 is 0 Å².